The van der Waals surface area contributed by atoms with Crippen molar-refractivity contribution in [2.75, 3.05) is 6.61 Å². The zero-order valence-corrected chi connectivity index (χ0v) is 12.7. The van der Waals surface area contributed by atoms with Crippen molar-refractivity contribution in [3.63, 3.8) is 0 Å². The number of ether oxygens (including phenoxy) is 1. The van der Waals surface area contributed by atoms with Crippen LogP contribution in [0.3, 0.4) is 0 Å². The van der Waals surface area contributed by atoms with Gasteiger partial charge in [-0.2, -0.15) is 8.42 Å². The monoisotopic (exact) mass is 332 g/mol. The average Bonchev–Trinajstić information content (AvgIpc) is 2.44. The molecule has 1 aromatic carbocycles. The molecule has 0 saturated carbocycles. The molecule has 0 amide bonds. The Balaban J connectivity index is 3.02. The van der Waals surface area contributed by atoms with Gasteiger partial charge in [-0.1, -0.05) is 17.7 Å². The third kappa shape index (κ3) is 4.52. The highest BCUT2D eigenvalue weighted by Gasteiger charge is 2.38. The minimum absolute atomic E-state index is 0.104. The van der Waals surface area contributed by atoms with Crippen LogP contribution < -0.4 is 0 Å². The van der Waals surface area contributed by atoms with E-state index in [9.17, 15) is 23.1 Å². The van der Waals surface area contributed by atoms with Gasteiger partial charge >= 0.3 is 11.9 Å². The molecular formula is C13H16O8S. The molecule has 2 atom stereocenters. The molecule has 0 aliphatic heterocycles. The van der Waals surface area contributed by atoms with Crippen molar-refractivity contribution < 1.29 is 37.1 Å². The molecule has 0 aliphatic carbocycles. The number of hydrogen-bond donors (Lipinski definition) is 2. The number of carbonyl (C=O) groups excluding carboxylic acids is 1. The zero-order valence-electron chi connectivity index (χ0n) is 11.9. The van der Waals surface area contributed by atoms with Gasteiger partial charge in [-0.15, -0.1) is 0 Å². The number of aliphatic hydroxyl groups is 1. The lowest BCUT2D eigenvalue weighted by Crippen LogP contribution is -2.43. The Kier molecular flexibility index (Phi) is 6.03. The van der Waals surface area contributed by atoms with Crippen LogP contribution in [0.4, 0.5) is 0 Å². The second-order valence-electron chi connectivity index (χ2n) is 4.32. The molecule has 0 fully saturated rings. The van der Waals surface area contributed by atoms with Crippen molar-refractivity contribution in [2.24, 2.45) is 0 Å². The van der Waals surface area contributed by atoms with Crippen molar-refractivity contribution in [3.8, 4) is 0 Å². The van der Waals surface area contributed by atoms with Gasteiger partial charge in [-0.05, 0) is 26.0 Å². The lowest BCUT2D eigenvalue weighted by molar-refractivity contribution is -0.167. The smallest absolute Gasteiger partial charge is 0.338 e. The summed E-state index contributed by atoms with van der Waals surface area (Å²) in [4.78, 5) is 22.1. The van der Waals surface area contributed by atoms with Gasteiger partial charge in [-0.3, -0.25) is 0 Å². The fraction of sp³-hybridized carbons (Fsp3) is 0.385. The van der Waals surface area contributed by atoms with E-state index in [0.29, 0.717) is 0 Å². The number of aliphatic hydroxyl groups excluding tert-OH is 1. The molecule has 0 bridgehead atoms. The van der Waals surface area contributed by atoms with E-state index in [0.717, 1.165) is 5.56 Å². The number of rotatable bonds is 7. The van der Waals surface area contributed by atoms with Crippen LogP contribution in [0.15, 0.2) is 29.2 Å². The Bertz CT molecular complexity index is 635. The van der Waals surface area contributed by atoms with E-state index in [2.05, 4.69) is 8.92 Å². The van der Waals surface area contributed by atoms with Gasteiger partial charge in [0.2, 0.25) is 6.10 Å². The highest BCUT2D eigenvalue weighted by molar-refractivity contribution is 7.86. The van der Waals surface area contributed by atoms with Crippen molar-refractivity contribution in [3.05, 3.63) is 29.8 Å². The first kappa shape index (κ1) is 18.1. The minimum Gasteiger partial charge on any atom is -0.479 e. The molecule has 0 heterocycles. The van der Waals surface area contributed by atoms with Crippen LogP contribution in [0, 0.1) is 6.92 Å². The van der Waals surface area contributed by atoms with Crippen molar-refractivity contribution >= 4 is 22.1 Å². The van der Waals surface area contributed by atoms with Crippen molar-refractivity contribution in [1.82, 2.24) is 0 Å². The van der Waals surface area contributed by atoms with Gasteiger partial charge in [0.25, 0.3) is 10.1 Å². The summed E-state index contributed by atoms with van der Waals surface area (Å²) in [6, 6.07) is 5.43. The predicted octanol–water partition coefficient (Wildman–Crippen LogP) is 0.0775. The molecule has 2 N–H and O–H groups in total. The molecule has 0 aliphatic rings. The molecule has 0 unspecified atom stereocenters. The van der Waals surface area contributed by atoms with Gasteiger partial charge in [0.15, 0.2) is 6.10 Å². The van der Waals surface area contributed by atoms with Crippen molar-refractivity contribution in [2.45, 2.75) is 31.0 Å². The van der Waals surface area contributed by atoms with Crippen LogP contribution in [0.1, 0.15) is 12.5 Å². The quantitative estimate of drug-likeness (QED) is 0.531. The number of carbonyl (C=O) groups is 2. The molecule has 0 radical (unpaired) electrons. The SMILES string of the molecule is CCOC(=O)[C@@H](O)[C@H](OS(=O)(=O)c1ccc(C)cc1)C(=O)O. The Morgan fingerprint density at radius 3 is 2.23 bits per heavy atom. The first-order chi connectivity index (χ1) is 10.2. The largest absolute Gasteiger partial charge is 0.479 e. The summed E-state index contributed by atoms with van der Waals surface area (Å²) in [6.45, 7) is 3.08. The molecule has 0 aromatic heterocycles. The summed E-state index contributed by atoms with van der Waals surface area (Å²) >= 11 is 0. The van der Waals surface area contributed by atoms with E-state index in [1.165, 1.54) is 31.2 Å². The van der Waals surface area contributed by atoms with Crippen LogP contribution in [0.2, 0.25) is 0 Å². The van der Waals surface area contributed by atoms with E-state index in [4.69, 9.17) is 5.11 Å². The molecule has 0 spiro atoms. The maximum Gasteiger partial charge on any atom is 0.338 e. The molecule has 0 saturated heterocycles. The molecule has 8 nitrogen and oxygen atoms in total. The molecule has 22 heavy (non-hydrogen) atoms. The Morgan fingerprint density at radius 1 is 1.23 bits per heavy atom. The fourth-order valence-corrected chi connectivity index (χ4v) is 2.52. The lowest BCUT2D eigenvalue weighted by Gasteiger charge is -2.18. The van der Waals surface area contributed by atoms with Gasteiger partial charge < -0.3 is 14.9 Å². The Labute approximate surface area is 127 Å². The van der Waals surface area contributed by atoms with Crippen LogP contribution in [0.5, 0.6) is 0 Å². The Hall–Kier alpha value is -1.97. The third-order valence-electron chi connectivity index (χ3n) is 2.60. The van der Waals surface area contributed by atoms with Gasteiger partial charge in [0.1, 0.15) is 0 Å². The number of hydrogen-bond acceptors (Lipinski definition) is 7. The van der Waals surface area contributed by atoms with Crippen LogP contribution in [-0.4, -0.2) is 49.4 Å². The van der Waals surface area contributed by atoms with Crippen LogP contribution >= 0.6 is 0 Å². The summed E-state index contributed by atoms with van der Waals surface area (Å²) < 4.78 is 32.9. The van der Waals surface area contributed by atoms with Gasteiger partial charge in [-0.25, -0.2) is 13.8 Å². The summed E-state index contributed by atoms with van der Waals surface area (Å²) in [6.07, 6.45) is -4.57. The van der Waals surface area contributed by atoms with E-state index >= 15 is 0 Å². The number of aliphatic carboxylic acids is 1. The number of benzene rings is 1. The third-order valence-corrected chi connectivity index (χ3v) is 3.91. The first-order valence-electron chi connectivity index (χ1n) is 6.26. The second-order valence-corrected chi connectivity index (χ2v) is 5.89. The van der Waals surface area contributed by atoms with E-state index in [-0.39, 0.29) is 11.5 Å². The highest BCUT2D eigenvalue weighted by atomic mass is 32.2. The number of carboxylic acids is 1. The molecule has 9 heteroatoms. The fourth-order valence-electron chi connectivity index (χ4n) is 1.48. The minimum atomic E-state index is -4.46. The van der Waals surface area contributed by atoms with E-state index in [1.807, 2.05) is 0 Å². The maximum atomic E-state index is 12.0. The average molecular weight is 332 g/mol. The number of aryl methyl sites for hydroxylation is 1. The normalized spacial score (nSPS) is 14.1. The summed E-state index contributed by atoms with van der Waals surface area (Å²) in [7, 11) is -4.46. The van der Waals surface area contributed by atoms with E-state index < -0.39 is 34.3 Å². The van der Waals surface area contributed by atoms with Gasteiger partial charge in [0, 0.05) is 0 Å². The van der Waals surface area contributed by atoms with Gasteiger partial charge in [0.05, 0.1) is 11.5 Å². The molecule has 122 valence electrons. The van der Waals surface area contributed by atoms with E-state index in [1.54, 1.807) is 6.92 Å². The van der Waals surface area contributed by atoms with Crippen LogP contribution in [-0.2, 0) is 28.6 Å². The van der Waals surface area contributed by atoms with Crippen molar-refractivity contribution in [1.29, 1.82) is 0 Å². The number of esters is 1. The molecule has 1 aromatic rings. The zero-order chi connectivity index (χ0) is 16.9. The standard InChI is InChI=1S/C13H16O8S/c1-3-20-13(17)10(14)11(12(15)16)21-22(18,19)9-6-4-8(2)5-7-9/h4-7,10-11,14H,3H2,1-2H3,(H,15,16)/t10-,11-/m0/s1. The summed E-state index contributed by atoms with van der Waals surface area (Å²) in [5.74, 6) is -3.09. The Morgan fingerprint density at radius 2 is 1.77 bits per heavy atom. The molecular weight excluding hydrogens is 316 g/mol. The lowest BCUT2D eigenvalue weighted by atomic mass is 10.2. The summed E-state index contributed by atoms with van der Waals surface area (Å²) in [5.41, 5.74) is 0.792. The summed E-state index contributed by atoms with van der Waals surface area (Å²) in [5, 5.41) is 18.5. The number of carboxylic acid groups (broad SMARTS) is 1. The molecule has 1 rings (SSSR count). The second kappa shape index (κ2) is 7.34. The first-order valence-corrected chi connectivity index (χ1v) is 7.67. The predicted molar refractivity (Wildman–Crippen MR) is 73.5 cm³/mol. The highest BCUT2D eigenvalue weighted by Crippen LogP contribution is 2.17. The maximum absolute atomic E-state index is 12.0. The van der Waals surface area contributed by atoms with Crippen LogP contribution in [0.25, 0.3) is 0 Å². The topological polar surface area (TPSA) is 127 Å².